The van der Waals surface area contributed by atoms with Crippen LogP contribution in [0.15, 0.2) is 61.2 Å². The van der Waals surface area contributed by atoms with E-state index in [9.17, 15) is 0 Å². The second-order valence-corrected chi connectivity index (χ2v) is 4.16. The molecule has 106 valence electrons. The largest absolute Gasteiger partial charge is 0.388 e. The van der Waals surface area contributed by atoms with Crippen LogP contribution >= 0.6 is 0 Å². The van der Waals surface area contributed by atoms with Gasteiger partial charge in [-0.05, 0) is 30.2 Å². The molecular formula is C18H23NO. The monoisotopic (exact) mass is 269 g/mol. The zero-order valence-corrected chi connectivity index (χ0v) is 12.3. The van der Waals surface area contributed by atoms with Gasteiger partial charge in [0.25, 0.3) is 0 Å². The van der Waals surface area contributed by atoms with Gasteiger partial charge in [0.1, 0.15) is 0 Å². The van der Waals surface area contributed by atoms with Crippen molar-refractivity contribution in [3.05, 3.63) is 72.3 Å². The van der Waals surface area contributed by atoms with Crippen LogP contribution in [0.3, 0.4) is 0 Å². The number of hydrogen-bond acceptors (Lipinski definition) is 2. The maximum Gasteiger partial charge on any atom is 0.0722 e. The van der Waals surface area contributed by atoms with Gasteiger partial charge >= 0.3 is 0 Å². The Morgan fingerprint density at radius 1 is 1.05 bits per heavy atom. The standard InChI is InChI=1S/C11H14O.C7H9N/c1-3-10-7-5-6-8-11(10)9-12-4-2;1-8-7-5-3-2-4-6-7/h3,5-8H,1,4,9H2,2H3;2-6,8H,1H3. The van der Waals surface area contributed by atoms with E-state index in [1.807, 2.05) is 68.6 Å². The predicted octanol–water partition coefficient (Wildman–Crippen LogP) is 4.59. The molecule has 0 radical (unpaired) electrons. The fraction of sp³-hybridized carbons (Fsp3) is 0.222. The number of rotatable bonds is 5. The van der Waals surface area contributed by atoms with E-state index < -0.39 is 0 Å². The molecule has 0 aromatic heterocycles. The first kappa shape index (κ1) is 16.0. The number of ether oxygens (including phenoxy) is 1. The highest BCUT2D eigenvalue weighted by Gasteiger charge is 1.96. The fourth-order valence-electron chi connectivity index (χ4n) is 1.68. The molecule has 0 saturated heterocycles. The van der Waals surface area contributed by atoms with Crippen molar-refractivity contribution in [1.29, 1.82) is 0 Å². The number of benzene rings is 2. The van der Waals surface area contributed by atoms with Crippen LogP contribution in [0.25, 0.3) is 6.08 Å². The third kappa shape index (κ3) is 5.72. The molecule has 0 fully saturated rings. The molecule has 0 heterocycles. The molecule has 20 heavy (non-hydrogen) atoms. The van der Waals surface area contributed by atoms with E-state index in [2.05, 4.69) is 18.0 Å². The van der Waals surface area contributed by atoms with E-state index in [0.717, 1.165) is 17.9 Å². The summed E-state index contributed by atoms with van der Waals surface area (Å²) >= 11 is 0. The summed E-state index contributed by atoms with van der Waals surface area (Å²) in [7, 11) is 1.91. The highest BCUT2D eigenvalue weighted by molar-refractivity contribution is 5.51. The van der Waals surface area contributed by atoms with Crippen molar-refractivity contribution in [1.82, 2.24) is 0 Å². The molecule has 0 aliphatic heterocycles. The van der Waals surface area contributed by atoms with Crippen molar-refractivity contribution in [2.24, 2.45) is 0 Å². The fourth-order valence-corrected chi connectivity index (χ4v) is 1.68. The van der Waals surface area contributed by atoms with Gasteiger partial charge in [-0.1, -0.05) is 55.1 Å². The van der Waals surface area contributed by atoms with Gasteiger partial charge in [-0.15, -0.1) is 0 Å². The minimum absolute atomic E-state index is 0.679. The SMILES string of the molecule is C=Cc1ccccc1COCC.CNc1ccccc1. The number of hydrogen-bond donors (Lipinski definition) is 1. The van der Waals surface area contributed by atoms with Gasteiger partial charge in [0.05, 0.1) is 6.61 Å². The van der Waals surface area contributed by atoms with Gasteiger partial charge in [0.2, 0.25) is 0 Å². The molecule has 0 aliphatic rings. The molecule has 0 saturated carbocycles. The Kier molecular flexibility index (Phi) is 7.85. The van der Waals surface area contributed by atoms with Crippen LogP contribution < -0.4 is 5.32 Å². The lowest BCUT2D eigenvalue weighted by Gasteiger charge is -2.04. The van der Waals surface area contributed by atoms with Gasteiger partial charge in [-0.3, -0.25) is 0 Å². The number of nitrogens with one attached hydrogen (secondary N) is 1. The molecule has 2 aromatic carbocycles. The Morgan fingerprint density at radius 3 is 2.25 bits per heavy atom. The molecule has 2 heteroatoms. The summed E-state index contributed by atoms with van der Waals surface area (Å²) in [5.41, 5.74) is 3.52. The molecule has 2 rings (SSSR count). The van der Waals surface area contributed by atoms with Crippen LogP contribution in [0, 0.1) is 0 Å². The molecular weight excluding hydrogens is 246 g/mol. The minimum Gasteiger partial charge on any atom is -0.388 e. The Balaban J connectivity index is 0.000000217. The van der Waals surface area contributed by atoms with Crippen LogP contribution in [0.1, 0.15) is 18.1 Å². The molecule has 2 nitrogen and oxygen atoms in total. The summed E-state index contributed by atoms with van der Waals surface area (Å²) < 4.78 is 5.31. The maximum atomic E-state index is 5.31. The second-order valence-electron chi connectivity index (χ2n) is 4.16. The van der Waals surface area contributed by atoms with E-state index in [-0.39, 0.29) is 0 Å². The predicted molar refractivity (Wildman–Crippen MR) is 87.9 cm³/mol. The first-order chi connectivity index (χ1) is 9.81. The zero-order valence-electron chi connectivity index (χ0n) is 12.3. The van der Waals surface area contributed by atoms with E-state index in [1.54, 1.807) is 0 Å². The van der Waals surface area contributed by atoms with E-state index in [1.165, 1.54) is 5.56 Å². The Hall–Kier alpha value is -2.06. The van der Waals surface area contributed by atoms with E-state index >= 15 is 0 Å². The van der Waals surface area contributed by atoms with Crippen LogP contribution in [-0.4, -0.2) is 13.7 Å². The highest BCUT2D eigenvalue weighted by atomic mass is 16.5. The van der Waals surface area contributed by atoms with Crippen molar-refractivity contribution in [2.75, 3.05) is 19.0 Å². The third-order valence-electron chi connectivity index (χ3n) is 2.80. The van der Waals surface area contributed by atoms with E-state index in [4.69, 9.17) is 4.74 Å². The van der Waals surface area contributed by atoms with Crippen molar-refractivity contribution in [3.63, 3.8) is 0 Å². The summed E-state index contributed by atoms with van der Waals surface area (Å²) in [4.78, 5) is 0. The van der Waals surface area contributed by atoms with Crippen LogP contribution in [0.4, 0.5) is 5.69 Å². The lowest BCUT2D eigenvalue weighted by Crippen LogP contribution is -1.93. The summed E-state index contributed by atoms with van der Waals surface area (Å²) in [5.74, 6) is 0. The lowest BCUT2D eigenvalue weighted by atomic mass is 10.1. The third-order valence-corrected chi connectivity index (χ3v) is 2.80. The quantitative estimate of drug-likeness (QED) is 0.857. The van der Waals surface area contributed by atoms with Gasteiger partial charge in [0.15, 0.2) is 0 Å². The molecule has 0 aliphatic carbocycles. The van der Waals surface area contributed by atoms with Gasteiger partial charge in [-0.25, -0.2) is 0 Å². The first-order valence-electron chi connectivity index (χ1n) is 6.82. The zero-order chi connectivity index (χ0) is 14.6. The van der Waals surface area contributed by atoms with Crippen molar-refractivity contribution in [2.45, 2.75) is 13.5 Å². The topological polar surface area (TPSA) is 21.3 Å². The molecule has 0 spiro atoms. The van der Waals surface area contributed by atoms with Crippen molar-refractivity contribution < 1.29 is 4.74 Å². The van der Waals surface area contributed by atoms with Crippen molar-refractivity contribution in [3.8, 4) is 0 Å². The maximum absolute atomic E-state index is 5.31. The Labute approximate surface area is 122 Å². The van der Waals surface area contributed by atoms with E-state index in [0.29, 0.717) is 6.61 Å². The molecule has 1 N–H and O–H groups in total. The van der Waals surface area contributed by atoms with Gasteiger partial charge < -0.3 is 10.1 Å². The molecule has 0 amide bonds. The normalized spacial score (nSPS) is 9.30. The smallest absolute Gasteiger partial charge is 0.0722 e. The van der Waals surface area contributed by atoms with Crippen molar-refractivity contribution >= 4 is 11.8 Å². The van der Waals surface area contributed by atoms with Crippen LogP contribution in [0.2, 0.25) is 0 Å². The average Bonchev–Trinajstić information content (AvgIpc) is 2.54. The summed E-state index contributed by atoms with van der Waals surface area (Å²) in [6.45, 7) is 7.18. The summed E-state index contributed by atoms with van der Waals surface area (Å²) in [5, 5.41) is 3.03. The highest BCUT2D eigenvalue weighted by Crippen LogP contribution is 2.10. The minimum atomic E-state index is 0.679. The van der Waals surface area contributed by atoms with Gasteiger partial charge in [-0.2, -0.15) is 0 Å². The molecule has 2 aromatic rings. The molecule has 0 unspecified atom stereocenters. The second kappa shape index (κ2) is 9.82. The first-order valence-corrected chi connectivity index (χ1v) is 6.82. The number of para-hydroxylation sites is 1. The average molecular weight is 269 g/mol. The van der Waals surface area contributed by atoms with Gasteiger partial charge in [0, 0.05) is 19.3 Å². The summed E-state index contributed by atoms with van der Waals surface area (Å²) in [6, 6.07) is 18.2. The molecule has 0 atom stereocenters. The van der Waals surface area contributed by atoms with Crippen LogP contribution in [0.5, 0.6) is 0 Å². The lowest BCUT2D eigenvalue weighted by molar-refractivity contribution is 0.134. The Morgan fingerprint density at radius 2 is 1.70 bits per heavy atom. The van der Waals surface area contributed by atoms with Crippen LogP contribution in [-0.2, 0) is 11.3 Å². The number of anilines is 1. The Bertz CT molecular complexity index is 494. The molecule has 0 bridgehead atoms. The summed E-state index contributed by atoms with van der Waals surface area (Å²) in [6.07, 6.45) is 1.86.